The Morgan fingerprint density at radius 1 is 1.55 bits per heavy atom. The van der Waals surface area contributed by atoms with Crippen LogP contribution in [0.2, 0.25) is 0 Å². The summed E-state index contributed by atoms with van der Waals surface area (Å²) in [6, 6.07) is 0. The van der Waals surface area contributed by atoms with Crippen molar-refractivity contribution in [2.45, 2.75) is 20.8 Å². The van der Waals surface area contributed by atoms with Crippen LogP contribution in [-0.4, -0.2) is 10.9 Å². The van der Waals surface area contributed by atoms with Gasteiger partial charge in [-0.2, -0.15) is 0 Å². The fraction of sp³-hybridized carbons (Fsp3) is 0.444. The van der Waals surface area contributed by atoms with E-state index in [-0.39, 0.29) is 17.5 Å². The average Bonchev–Trinajstić information content (AvgIpc) is 2.17. The molecule has 0 aromatic carbocycles. The molecular formula is C9H12O2. The average molecular weight is 152 g/mol. The van der Waals surface area contributed by atoms with E-state index in [0.717, 1.165) is 5.57 Å². The van der Waals surface area contributed by atoms with Crippen molar-refractivity contribution in [3.8, 4) is 0 Å². The van der Waals surface area contributed by atoms with E-state index >= 15 is 0 Å². The highest BCUT2D eigenvalue weighted by Crippen LogP contribution is 2.31. The van der Waals surface area contributed by atoms with Gasteiger partial charge in [-0.05, 0) is 19.4 Å². The van der Waals surface area contributed by atoms with Crippen molar-refractivity contribution in [3.05, 3.63) is 23.0 Å². The molecule has 0 aromatic rings. The van der Waals surface area contributed by atoms with Gasteiger partial charge in [0.2, 0.25) is 5.78 Å². The molecule has 0 unspecified atom stereocenters. The number of carbonyl (C=O) groups is 1. The summed E-state index contributed by atoms with van der Waals surface area (Å²) in [5, 5.41) is 9.23. The van der Waals surface area contributed by atoms with Crippen LogP contribution in [0.15, 0.2) is 23.0 Å². The Kier molecular flexibility index (Phi) is 1.85. The molecule has 1 N–H and O–H groups in total. The fourth-order valence-electron chi connectivity index (χ4n) is 1.33. The minimum atomic E-state index is -0.211. The van der Waals surface area contributed by atoms with Crippen molar-refractivity contribution in [3.63, 3.8) is 0 Å². The molecule has 0 saturated carbocycles. The van der Waals surface area contributed by atoms with E-state index in [0.29, 0.717) is 5.57 Å². The summed E-state index contributed by atoms with van der Waals surface area (Å²) in [6.45, 7) is 5.52. The lowest BCUT2D eigenvalue weighted by Crippen LogP contribution is -2.01. The monoisotopic (exact) mass is 152 g/mol. The van der Waals surface area contributed by atoms with Gasteiger partial charge in [-0.25, -0.2) is 0 Å². The Morgan fingerprint density at radius 2 is 2.09 bits per heavy atom. The van der Waals surface area contributed by atoms with Crippen LogP contribution in [0.4, 0.5) is 0 Å². The van der Waals surface area contributed by atoms with Gasteiger partial charge in [0.05, 0.1) is 0 Å². The summed E-state index contributed by atoms with van der Waals surface area (Å²) >= 11 is 0. The standard InChI is InChI=1S/C9H12O2/c1-4-7-5(2)6(3)8(10)9(7)11/h4-5,10H,1-3H3/b7-4+/t5-/m0/s1. The zero-order chi connectivity index (χ0) is 8.59. The van der Waals surface area contributed by atoms with Crippen molar-refractivity contribution in [2.24, 2.45) is 5.92 Å². The van der Waals surface area contributed by atoms with Gasteiger partial charge in [0.25, 0.3) is 0 Å². The van der Waals surface area contributed by atoms with Crippen molar-refractivity contribution in [1.82, 2.24) is 0 Å². The third kappa shape index (κ3) is 0.985. The summed E-state index contributed by atoms with van der Waals surface area (Å²) in [6.07, 6.45) is 1.76. The highest BCUT2D eigenvalue weighted by atomic mass is 16.3. The van der Waals surface area contributed by atoms with Crippen molar-refractivity contribution >= 4 is 5.78 Å². The van der Waals surface area contributed by atoms with Gasteiger partial charge in [-0.3, -0.25) is 4.79 Å². The molecule has 0 spiro atoms. The zero-order valence-electron chi connectivity index (χ0n) is 7.01. The third-order valence-corrected chi connectivity index (χ3v) is 2.28. The van der Waals surface area contributed by atoms with Crippen LogP contribution in [0.3, 0.4) is 0 Å². The summed E-state index contributed by atoms with van der Waals surface area (Å²) in [7, 11) is 0. The number of aliphatic hydroxyl groups is 1. The van der Waals surface area contributed by atoms with Gasteiger partial charge in [-0.15, -0.1) is 0 Å². The summed E-state index contributed by atoms with van der Waals surface area (Å²) < 4.78 is 0. The maximum atomic E-state index is 11.2. The largest absolute Gasteiger partial charge is 0.504 e. The van der Waals surface area contributed by atoms with Crippen LogP contribution in [0.1, 0.15) is 20.8 Å². The lowest BCUT2D eigenvalue weighted by Gasteiger charge is -2.02. The van der Waals surface area contributed by atoms with E-state index in [4.69, 9.17) is 0 Å². The molecule has 1 aliphatic rings. The normalized spacial score (nSPS) is 28.8. The van der Waals surface area contributed by atoms with E-state index in [1.807, 2.05) is 13.8 Å². The number of ketones is 1. The first kappa shape index (κ1) is 8.05. The minimum absolute atomic E-state index is 0.0643. The summed E-state index contributed by atoms with van der Waals surface area (Å²) in [4.78, 5) is 11.2. The van der Waals surface area contributed by atoms with Crippen LogP contribution in [0.5, 0.6) is 0 Å². The van der Waals surface area contributed by atoms with Crippen LogP contribution < -0.4 is 0 Å². The van der Waals surface area contributed by atoms with E-state index in [2.05, 4.69) is 0 Å². The summed E-state index contributed by atoms with van der Waals surface area (Å²) in [5.41, 5.74) is 1.49. The van der Waals surface area contributed by atoms with Crippen molar-refractivity contribution < 1.29 is 9.90 Å². The molecule has 1 aliphatic carbocycles. The minimum Gasteiger partial charge on any atom is -0.504 e. The topological polar surface area (TPSA) is 37.3 Å². The highest BCUT2D eigenvalue weighted by Gasteiger charge is 2.30. The lowest BCUT2D eigenvalue weighted by atomic mass is 10.00. The Hall–Kier alpha value is -1.05. The molecule has 0 radical (unpaired) electrons. The molecule has 11 heavy (non-hydrogen) atoms. The molecule has 60 valence electrons. The van der Waals surface area contributed by atoms with E-state index < -0.39 is 0 Å². The number of allylic oxidation sites excluding steroid dienone is 3. The molecule has 0 amide bonds. The Bertz CT molecular complexity index is 259. The Morgan fingerprint density at radius 3 is 2.27 bits per heavy atom. The molecular weight excluding hydrogens is 140 g/mol. The number of carbonyl (C=O) groups excluding carboxylic acids is 1. The molecule has 0 fully saturated rings. The maximum absolute atomic E-state index is 11.2. The number of hydrogen-bond donors (Lipinski definition) is 1. The van der Waals surface area contributed by atoms with Gasteiger partial charge in [-0.1, -0.05) is 13.0 Å². The Balaban J connectivity index is 3.12. The Labute approximate surface area is 66.2 Å². The highest BCUT2D eigenvalue weighted by molar-refractivity contribution is 6.10. The summed E-state index contributed by atoms with van der Waals surface area (Å²) in [5.74, 6) is -0.185. The van der Waals surface area contributed by atoms with Crippen molar-refractivity contribution in [1.29, 1.82) is 0 Å². The van der Waals surface area contributed by atoms with Gasteiger partial charge in [0, 0.05) is 11.5 Å². The van der Waals surface area contributed by atoms with Gasteiger partial charge in [0.15, 0.2) is 5.76 Å². The molecule has 1 rings (SSSR count). The first-order chi connectivity index (χ1) is 5.09. The van der Waals surface area contributed by atoms with E-state index in [9.17, 15) is 9.90 Å². The molecule has 0 heterocycles. The molecule has 0 bridgehead atoms. The SMILES string of the molecule is C/C=C1/C(=O)C(O)=C(C)[C@@H]1C. The molecule has 0 aromatic heterocycles. The number of hydrogen-bond acceptors (Lipinski definition) is 2. The van der Waals surface area contributed by atoms with Crippen LogP contribution >= 0.6 is 0 Å². The predicted molar refractivity (Wildman–Crippen MR) is 43.3 cm³/mol. The number of aliphatic hydroxyl groups excluding tert-OH is 1. The fourth-order valence-corrected chi connectivity index (χ4v) is 1.33. The zero-order valence-corrected chi connectivity index (χ0v) is 7.01. The van der Waals surface area contributed by atoms with E-state index in [1.54, 1.807) is 13.0 Å². The van der Waals surface area contributed by atoms with Gasteiger partial charge in [0.1, 0.15) is 0 Å². The van der Waals surface area contributed by atoms with Crippen molar-refractivity contribution in [2.75, 3.05) is 0 Å². The maximum Gasteiger partial charge on any atom is 0.223 e. The smallest absolute Gasteiger partial charge is 0.223 e. The quantitative estimate of drug-likeness (QED) is 0.539. The number of Topliss-reactive ketones (excluding diaryl/α,β-unsaturated/α-hetero) is 1. The van der Waals surface area contributed by atoms with Gasteiger partial charge >= 0.3 is 0 Å². The number of rotatable bonds is 0. The second-order valence-corrected chi connectivity index (χ2v) is 2.83. The first-order valence-corrected chi connectivity index (χ1v) is 3.70. The molecule has 1 atom stereocenters. The van der Waals surface area contributed by atoms with Crippen LogP contribution in [-0.2, 0) is 4.79 Å². The lowest BCUT2D eigenvalue weighted by molar-refractivity contribution is -0.114. The molecule has 0 saturated heterocycles. The van der Waals surface area contributed by atoms with Crippen LogP contribution in [0, 0.1) is 5.92 Å². The molecule has 2 heteroatoms. The van der Waals surface area contributed by atoms with E-state index in [1.165, 1.54) is 0 Å². The van der Waals surface area contributed by atoms with Gasteiger partial charge < -0.3 is 5.11 Å². The molecule has 0 aliphatic heterocycles. The van der Waals surface area contributed by atoms with Crippen LogP contribution in [0.25, 0.3) is 0 Å². The second kappa shape index (κ2) is 2.53. The second-order valence-electron chi connectivity index (χ2n) is 2.83. The molecule has 2 nitrogen and oxygen atoms in total. The first-order valence-electron chi connectivity index (χ1n) is 3.70. The predicted octanol–water partition coefficient (Wildman–Crippen LogP) is 1.98. The third-order valence-electron chi connectivity index (χ3n) is 2.28.